The van der Waals surface area contributed by atoms with Crippen molar-refractivity contribution in [3.63, 3.8) is 0 Å². The Kier molecular flexibility index (Phi) is 3.24. The monoisotopic (exact) mass is 322 g/mol. The van der Waals surface area contributed by atoms with Gasteiger partial charge in [0.2, 0.25) is 0 Å². The first-order valence-electron chi connectivity index (χ1n) is 6.88. The summed E-state index contributed by atoms with van der Waals surface area (Å²) in [6, 6.07) is 11.6. The van der Waals surface area contributed by atoms with Gasteiger partial charge in [-0.1, -0.05) is 30.3 Å². The lowest BCUT2D eigenvalue weighted by atomic mass is 10.1. The summed E-state index contributed by atoms with van der Waals surface area (Å²) in [6.07, 6.45) is 5.03. The first kappa shape index (κ1) is 13.8. The lowest BCUT2D eigenvalue weighted by Gasteiger charge is -2.01. The maximum absolute atomic E-state index is 11.6. The molecule has 3 heterocycles. The highest BCUT2D eigenvalue weighted by Gasteiger charge is 2.25. The van der Waals surface area contributed by atoms with E-state index >= 15 is 0 Å². The van der Waals surface area contributed by atoms with E-state index < -0.39 is 5.91 Å². The van der Waals surface area contributed by atoms with Gasteiger partial charge in [0, 0.05) is 29.4 Å². The zero-order chi connectivity index (χ0) is 15.8. The van der Waals surface area contributed by atoms with Gasteiger partial charge in [0.05, 0.1) is 4.91 Å². The van der Waals surface area contributed by atoms with E-state index in [2.05, 4.69) is 10.3 Å². The Hall–Kier alpha value is -2.86. The number of nitrogens with one attached hydrogen (secondary N) is 1. The predicted octanol–water partition coefficient (Wildman–Crippen LogP) is 3.82. The van der Waals surface area contributed by atoms with Gasteiger partial charge in [-0.15, -0.1) is 0 Å². The highest BCUT2D eigenvalue weighted by molar-refractivity contribution is 8.18. The minimum Gasteiger partial charge on any atom is -0.456 e. The number of nitrogens with zero attached hydrogens (tertiary/aromatic N) is 1. The van der Waals surface area contributed by atoms with Crippen LogP contribution in [0.3, 0.4) is 0 Å². The van der Waals surface area contributed by atoms with Crippen LogP contribution in [0.25, 0.3) is 28.2 Å². The van der Waals surface area contributed by atoms with Gasteiger partial charge in [0.15, 0.2) is 0 Å². The molecule has 1 N–H and O–H groups in total. The SMILES string of the molecule is O=C1NC(=O)/C(=C\c2cc3cncc(-c4ccccc4)c3o2)S1. The maximum Gasteiger partial charge on any atom is 0.290 e. The average Bonchev–Trinajstić information content (AvgIpc) is 3.10. The number of rotatable bonds is 2. The molecule has 3 aromatic rings. The summed E-state index contributed by atoms with van der Waals surface area (Å²) in [5.74, 6) is 0.111. The zero-order valence-electron chi connectivity index (χ0n) is 11.8. The van der Waals surface area contributed by atoms with Gasteiger partial charge in [-0.2, -0.15) is 0 Å². The van der Waals surface area contributed by atoms with Crippen LogP contribution in [-0.2, 0) is 4.79 Å². The van der Waals surface area contributed by atoms with Crippen LogP contribution in [0.15, 0.2) is 58.1 Å². The summed E-state index contributed by atoms with van der Waals surface area (Å²) in [5.41, 5.74) is 2.59. The second kappa shape index (κ2) is 5.40. The van der Waals surface area contributed by atoms with Crippen molar-refractivity contribution in [1.82, 2.24) is 10.3 Å². The standard InChI is InChI=1S/C17H10N2O3S/c20-16-14(23-17(21)19-16)7-12-6-11-8-18-9-13(15(11)22-12)10-4-2-1-3-5-10/h1-9H,(H,19,20,21)/b14-7+. The van der Waals surface area contributed by atoms with Crippen LogP contribution in [0.2, 0.25) is 0 Å². The molecule has 1 saturated heterocycles. The molecule has 2 aromatic heterocycles. The first-order chi connectivity index (χ1) is 11.2. The van der Waals surface area contributed by atoms with Gasteiger partial charge >= 0.3 is 0 Å². The van der Waals surface area contributed by atoms with Gasteiger partial charge in [0.25, 0.3) is 11.1 Å². The lowest BCUT2D eigenvalue weighted by molar-refractivity contribution is -0.115. The molecule has 5 nitrogen and oxygen atoms in total. The van der Waals surface area contributed by atoms with E-state index in [9.17, 15) is 9.59 Å². The van der Waals surface area contributed by atoms with Gasteiger partial charge < -0.3 is 4.42 Å². The van der Waals surface area contributed by atoms with Gasteiger partial charge in [0.1, 0.15) is 11.3 Å². The van der Waals surface area contributed by atoms with E-state index in [1.807, 2.05) is 30.3 Å². The molecule has 2 amide bonds. The molecular weight excluding hydrogens is 312 g/mol. The van der Waals surface area contributed by atoms with Gasteiger partial charge in [-0.3, -0.25) is 19.9 Å². The number of carbonyl (C=O) groups excluding carboxylic acids is 2. The Morgan fingerprint density at radius 2 is 1.96 bits per heavy atom. The number of benzene rings is 1. The zero-order valence-corrected chi connectivity index (χ0v) is 12.6. The quantitative estimate of drug-likeness (QED) is 0.726. The van der Waals surface area contributed by atoms with Crippen molar-refractivity contribution in [2.45, 2.75) is 0 Å². The molecule has 1 aliphatic heterocycles. The van der Waals surface area contributed by atoms with Crippen molar-refractivity contribution in [3.8, 4) is 11.1 Å². The van der Waals surface area contributed by atoms with E-state index in [-0.39, 0.29) is 5.24 Å². The van der Waals surface area contributed by atoms with Crippen LogP contribution in [0.5, 0.6) is 0 Å². The third-order valence-corrected chi connectivity index (χ3v) is 4.25. The Morgan fingerprint density at radius 3 is 2.70 bits per heavy atom. The number of aromatic nitrogens is 1. The fourth-order valence-electron chi connectivity index (χ4n) is 2.43. The largest absolute Gasteiger partial charge is 0.456 e. The topological polar surface area (TPSA) is 72.2 Å². The van der Waals surface area contributed by atoms with E-state index in [0.29, 0.717) is 16.2 Å². The third-order valence-electron chi connectivity index (χ3n) is 3.44. The highest BCUT2D eigenvalue weighted by Crippen LogP contribution is 2.32. The molecule has 4 rings (SSSR count). The van der Waals surface area contributed by atoms with Crippen LogP contribution in [0, 0.1) is 0 Å². The number of amides is 2. The third kappa shape index (κ3) is 2.53. The number of fused-ring (bicyclic) bond motifs is 1. The average molecular weight is 322 g/mol. The Bertz CT molecular complexity index is 960. The molecular formula is C17H10N2O3S. The Labute approximate surface area is 135 Å². The molecule has 0 atom stereocenters. The molecule has 1 aliphatic rings. The number of thioether (sulfide) groups is 1. The van der Waals surface area contributed by atoms with E-state index in [4.69, 9.17) is 4.42 Å². The number of carbonyl (C=O) groups is 2. The van der Waals surface area contributed by atoms with Crippen LogP contribution >= 0.6 is 11.8 Å². The molecule has 1 fully saturated rings. The minimum atomic E-state index is -0.401. The molecule has 0 aliphatic carbocycles. The number of furan rings is 1. The van der Waals surface area contributed by atoms with Crippen LogP contribution in [0.1, 0.15) is 5.76 Å². The number of hydrogen-bond acceptors (Lipinski definition) is 5. The van der Waals surface area contributed by atoms with Gasteiger partial charge in [-0.05, 0) is 23.4 Å². The van der Waals surface area contributed by atoms with Crippen LogP contribution in [-0.4, -0.2) is 16.1 Å². The molecule has 6 heteroatoms. The predicted molar refractivity (Wildman–Crippen MR) is 88.6 cm³/mol. The molecule has 0 saturated carbocycles. The molecule has 0 bridgehead atoms. The molecule has 23 heavy (non-hydrogen) atoms. The van der Waals surface area contributed by atoms with Crippen LogP contribution in [0.4, 0.5) is 4.79 Å². The smallest absolute Gasteiger partial charge is 0.290 e. The maximum atomic E-state index is 11.6. The number of pyridine rings is 1. The summed E-state index contributed by atoms with van der Waals surface area (Å²) >= 11 is 0.865. The molecule has 0 radical (unpaired) electrons. The highest BCUT2D eigenvalue weighted by atomic mass is 32.2. The summed E-state index contributed by atoms with van der Waals surface area (Å²) in [6.45, 7) is 0. The van der Waals surface area contributed by atoms with Gasteiger partial charge in [-0.25, -0.2) is 0 Å². The first-order valence-corrected chi connectivity index (χ1v) is 7.70. The molecule has 112 valence electrons. The number of hydrogen-bond donors (Lipinski definition) is 1. The van der Waals surface area contributed by atoms with Crippen molar-refractivity contribution in [1.29, 1.82) is 0 Å². The van der Waals surface area contributed by atoms with E-state index in [0.717, 1.165) is 28.3 Å². The molecule has 1 aromatic carbocycles. The van der Waals surface area contributed by atoms with E-state index in [1.165, 1.54) is 0 Å². The molecule has 0 unspecified atom stereocenters. The summed E-state index contributed by atoms with van der Waals surface area (Å²) in [7, 11) is 0. The number of imide groups is 1. The summed E-state index contributed by atoms with van der Waals surface area (Å²) in [4.78, 5) is 27.4. The van der Waals surface area contributed by atoms with Crippen molar-refractivity contribution in [2.24, 2.45) is 0 Å². The second-order valence-corrected chi connectivity index (χ2v) is 5.99. The Morgan fingerprint density at radius 1 is 1.13 bits per heavy atom. The summed E-state index contributed by atoms with van der Waals surface area (Å²) in [5, 5.41) is 2.69. The van der Waals surface area contributed by atoms with Crippen molar-refractivity contribution < 1.29 is 14.0 Å². The Balaban J connectivity index is 1.82. The minimum absolute atomic E-state index is 0.322. The van der Waals surface area contributed by atoms with Crippen LogP contribution < -0.4 is 5.32 Å². The fourth-order valence-corrected chi connectivity index (χ4v) is 3.09. The second-order valence-electron chi connectivity index (χ2n) is 4.97. The van der Waals surface area contributed by atoms with Crippen molar-refractivity contribution in [3.05, 3.63) is 59.5 Å². The normalized spacial score (nSPS) is 16.3. The fraction of sp³-hybridized carbons (Fsp3) is 0. The summed E-state index contributed by atoms with van der Waals surface area (Å²) < 4.78 is 5.88. The lowest BCUT2D eigenvalue weighted by Crippen LogP contribution is -2.17. The van der Waals surface area contributed by atoms with Crippen molar-refractivity contribution in [2.75, 3.05) is 0 Å². The molecule has 0 spiro atoms. The van der Waals surface area contributed by atoms with Crippen molar-refractivity contribution >= 4 is 40.0 Å². The van der Waals surface area contributed by atoms with E-state index in [1.54, 1.807) is 24.5 Å².